The van der Waals surface area contributed by atoms with Crippen LogP contribution >= 0.6 is 0 Å². The molecule has 3 rings (SSSR count). The molecule has 36 heavy (non-hydrogen) atoms. The Morgan fingerprint density at radius 3 is 2.14 bits per heavy atom. The maximum absolute atomic E-state index is 13.7. The third-order valence-corrected chi connectivity index (χ3v) is 9.49. The first-order valence-electron chi connectivity index (χ1n) is 12.0. The summed E-state index contributed by atoms with van der Waals surface area (Å²) in [5, 5.41) is 0. The van der Waals surface area contributed by atoms with Gasteiger partial charge < -0.3 is 9.64 Å². The van der Waals surface area contributed by atoms with E-state index >= 15 is 0 Å². The van der Waals surface area contributed by atoms with Gasteiger partial charge >= 0.3 is 0 Å². The van der Waals surface area contributed by atoms with Crippen LogP contribution in [0.5, 0.6) is 5.75 Å². The highest BCUT2D eigenvalue weighted by atomic mass is 32.2. The zero-order valence-electron chi connectivity index (χ0n) is 21.0. The van der Waals surface area contributed by atoms with Crippen molar-refractivity contribution in [2.75, 3.05) is 39.5 Å². The molecule has 0 N–H and O–H groups in total. The number of nitrogens with zero attached hydrogens (tertiary/aromatic N) is 3. The van der Waals surface area contributed by atoms with E-state index in [4.69, 9.17) is 4.74 Å². The van der Waals surface area contributed by atoms with Crippen molar-refractivity contribution in [2.45, 2.75) is 43.7 Å². The molecule has 198 valence electrons. The normalized spacial score (nSPS) is 15.7. The van der Waals surface area contributed by atoms with E-state index in [0.29, 0.717) is 38.1 Å². The minimum absolute atomic E-state index is 0.148. The molecule has 0 radical (unpaired) electrons. The molecule has 0 saturated carbocycles. The van der Waals surface area contributed by atoms with Crippen LogP contribution in [0.2, 0.25) is 0 Å². The van der Waals surface area contributed by atoms with Gasteiger partial charge in [0.15, 0.2) is 0 Å². The second-order valence-corrected chi connectivity index (χ2v) is 12.8. The summed E-state index contributed by atoms with van der Waals surface area (Å²) in [5.41, 5.74) is 0.877. The molecule has 1 fully saturated rings. The topological polar surface area (TPSA) is 104 Å². The fraction of sp³-hybridized carbons (Fsp3) is 0.480. The van der Waals surface area contributed by atoms with Crippen LogP contribution in [0, 0.1) is 0 Å². The number of carbonyl (C=O) groups is 1. The molecule has 1 heterocycles. The predicted molar refractivity (Wildman–Crippen MR) is 138 cm³/mol. The average molecular weight is 538 g/mol. The van der Waals surface area contributed by atoms with Gasteiger partial charge in [-0.05, 0) is 49.1 Å². The van der Waals surface area contributed by atoms with Crippen LogP contribution in [-0.2, 0) is 31.4 Å². The Hall–Kier alpha value is -2.47. The lowest BCUT2D eigenvalue weighted by Gasteiger charge is -2.38. The number of carbonyl (C=O) groups excluding carboxylic acids is 1. The molecule has 1 aliphatic rings. The number of benzene rings is 2. The predicted octanol–water partition coefficient (Wildman–Crippen LogP) is 2.55. The van der Waals surface area contributed by atoms with E-state index in [1.54, 1.807) is 30.2 Å². The van der Waals surface area contributed by atoms with E-state index < -0.39 is 20.0 Å². The molecule has 0 atom stereocenters. The summed E-state index contributed by atoms with van der Waals surface area (Å²) in [4.78, 5) is 15.5. The molecule has 1 aliphatic heterocycles. The first-order valence-corrected chi connectivity index (χ1v) is 15.3. The second-order valence-electron chi connectivity index (χ2n) is 8.91. The van der Waals surface area contributed by atoms with Crippen LogP contribution in [0.4, 0.5) is 0 Å². The summed E-state index contributed by atoms with van der Waals surface area (Å²) in [6, 6.07) is 15.3. The molecule has 0 unspecified atom stereocenters. The van der Waals surface area contributed by atoms with Crippen LogP contribution in [0.25, 0.3) is 0 Å². The van der Waals surface area contributed by atoms with Gasteiger partial charge in [-0.3, -0.25) is 4.79 Å². The number of methoxy groups -OCH3 is 1. The van der Waals surface area contributed by atoms with Crippen molar-refractivity contribution in [3.05, 3.63) is 60.2 Å². The Morgan fingerprint density at radius 2 is 1.61 bits per heavy atom. The molecular weight excluding hydrogens is 502 g/mol. The van der Waals surface area contributed by atoms with Gasteiger partial charge in [0.2, 0.25) is 26.0 Å². The highest BCUT2D eigenvalue weighted by Gasteiger charge is 2.33. The highest BCUT2D eigenvalue weighted by molar-refractivity contribution is 7.89. The lowest BCUT2D eigenvalue weighted by molar-refractivity contribution is -0.135. The van der Waals surface area contributed by atoms with Crippen molar-refractivity contribution in [1.82, 2.24) is 13.5 Å². The SMILES string of the molecule is CCCN(CC(=O)N(Cc1ccc(OC)cc1)C1CCN(S(C)(=O)=O)CC1)S(=O)(=O)c1ccccc1. The molecule has 0 aromatic heterocycles. The molecule has 1 amide bonds. The molecular formula is C25H35N3O6S2. The van der Waals surface area contributed by atoms with Crippen molar-refractivity contribution in [3.63, 3.8) is 0 Å². The number of amides is 1. The molecule has 0 aliphatic carbocycles. The van der Waals surface area contributed by atoms with Crippen molar-refractivity contribution in [2.24, 2.45) is 0 Å². The third-order valence-electron chi connectivity index (χ3n) is 6.33. The maximum Gasteiger partial charge on any atom is 0.243 e. The second kappa shape index (κ2) is 12.2. The van der Waals surface area contributed by atoms with Crippen LogP contribution < -0.4 is 4.74 Å². The van der Waals surface area contributed by atoms with Gasteiger partial charge in [0.25, 0.3) is 0 Å². The number of sulfonamides is 2. The van der Waals surface area contributed by atoms with Gasteiger partial charge in [0.05, 0.1) is 24.8 Å². The number of piperidine rings is 1. The summed E-state index contributed by atoms with van der Waals surface area (Å²) >= 11 is 0. The number of hydrogen-bond acceptors (Lipinski definition) is 6. The largest absolute Gasteiger partial charge is 0.497 e. The summed E-state index contributed by atoms with van der Waals surface area (Å²) in [6.07, 6.45) is 2.71. The lowest BCUT2D eigenvalue weighted by atomic mass is 10.0. The van der Waals surface area contributed by atoms with E-state index in [-0.39, 0.29) is 36.5 Å². The van der Waals surface area contributed by atoms with Crippen LogP contribution in [0.1, 0.15) is 31.7 Å². The molecule has 9 nitrogen and oxygen atoms in total. The van der Waals surface area contributed by atoms with Gasteiger partial charge in [-0.15, -0.1) is 0 Å². The van der Waals surface area contributed by atoms with E-state index in [1.807, 2.05) is 31.2 Å². The van der Waals surface area contributed by atoms with Crippen molar-refractivity contribution in [3.8, 4) is 5.75 Å². The van der Waals surface area contributed by atoms with E-state index in [0.717, 1.165) is 5.56 Å². The number of ether oxygens (including phenoxy) is 1. The van der Waals surface area contributed by atoms with Gasteiger partial charge in [-0.25, -0.2) is 21.1 Å². The number of hydrogen-bond donors (Lipinski definition) is 0. The zero-order valence-corrected chi connectivity index (χ0v) is 22.7. The fourth-order valence-electron chi connectivity index (χ4n) is 4.35. The molecule has 0 spiro atoms. The fourth-order valence-corrected chi connectivity index (χ4v) is 6.73. The van der Waals surface area contributed by atoms with Crippen molar-refractivity contribution < 1.29 is 26.4 Å². The van der Waals surface area contributed by atoms with Gasteiger partial charge in [-0.2, -0.15) is 4.31 Å². The first-order chi connectivity index (χ1) is 17.1. The summed E-state index contributed by atoms with van der Waals surface area (Å²) in [6.45, 7) is 2.72. The van der Waals surface area contributed by atoms with E-state index in [9.17, 15) is 21.6 Å². The van der Waals surface area contributed by atoms with Crippen LogP contribution in [0.15, 0.2) is 59.5 Å². The lowest BCUT2D eigenvalue weighted by Crippen LogP contribution is -2.51. The number of rotatable bonds is 11. The van der Waals surface area contributed by atoms with Crippen LogP contribution in [0.3, 0.4) is 0 Å². The quantitative estimate of drug-likeness (QED) is 0.436. The Morgan fingerprint density at radius 1 is 1.00 bits per heavy atom. The molecule has 2 aromatic carbocycles. The molecule has 0 bridgehead atoms. The highest BCUT2D eigenvalue weighted by Crippen LogP contribution is 2.23. The summed E-state index contributed by atoms with van der Waals surface area (Å²) < 4.78 is 58.4. The summed E-state index contributed by atoms with van der Waals surface area (Å²) in [7, 11) is -5.58. The first kappa shape index (κ1) is 28.1. The van der Waals surface area contributed by atoms with Gasteiger partial charge in [0, 0.05) is 32.2 Å². The van der Waals surface area contributed by atoms with E-state index in [2.05, 4.69) is 0 Å². The Bertz CT molecular complexity index is 1210. The third kappa shape index (κ3) is 7.06. The zero-order chi connectivity index (χ0) is 26.3. The van der Waals surface area contributed by atoms with Gasteiger partial charge in [0.1, 0.15) is 5.75 Å². The Labute approximate surface area is 214 Å². The van der Waals surface area contributed by atoms with Crippen molar-refractivity contribution in [1.29, 1.82) is 0 Å². The van der Waals surface area contributed by atoms with Crippen LogP contribution in [-0.4, -0.2) is 81.8 Å². The minimum atomic E-state index is -3.85. The Kier molecular flexibility index (Phi) is 9.51. The van der Waals surface area contributed by atoms with Crippen molar-refractivity contribution >= 4 is 26.0 Å². The monoisotopic (exact) mass is 537 g/mol. The molecule has 11 heteroatoms. The van der Waals surface area contributed by atoms with E-state index in [1.165, 1.54) is 27.0 Å². The van der Waals surface area contributed by atoms with Gasteiger partial charge in [-0.1, -0.05) is 37.3 Å². The standard InChI is InChI=1S/C25H35N3O6S2/c1-4-16-27(36(32,33)24-8-6-5-7-9-24)20-25(29)28(19-21-10-12-23(34-2)13-11-21)22-14-17-26(18-15-22)35(3,30)31/h5-13,22H,4,14-20H2,1-3H3. The maximum atomic E-state index is 13.7. The molecule has 1 saturated heterocycles. The Balaban J connectivity index is 1.85. The molecule has 2 aromatic rings. The average Bonchev–Trinajstić information content (AvgIpc) is 2.87. The summed E-state index contributed by atoms with van der Waals surface area (Å²) in [5.74, 6) is 0.387. The smallest absolute Gasteiger partial charge is 0.243 e. The minimum Gasteiger partial charge on any atom is -0.497 e.